The number of carbonyl (C=O) groups excluding carboxylic acids is 3. The number of anilines is 1. The van der Waals surface area contributed by atoms with Gasteiger partial charge in [-0.15, -0.1) is 0 Å². The number of para-hydroxylation sites is 1. The zero-order chi connectivity index (χ0) is 25.0. The molecule has 0 saturated carbocycles. The molecule has 35 heavy (non-hydrogen) atoms. The number of hydrogen-bond acceptors (Lipinski definition) is 5. The zero-order valence-electron chi connectivity index (χ0n) is 20.5. The van der Waals surface area contributed by atoms with Gasteiger partial charge < -0.3 is 20.7 Å². The van der Waals surface area contributed by atoms with E-state index >= 15 is 0 Å². The molecule has 1 fully saturated rings. The highest BCUT2D eigenvalue weighted by Gasteiger charge is 2.29. The molecule has 2 atom stereocenters. The van der Waals surface area contributed by atoms with Crippen molar-refractivity contribution in [2.75, 3.05) is 25.0 Å². The summed E-state index contributed by atoms with van der Waals surface area (Å²) in [4.78, 5) is 39.8. The van der Waals surface area contributed by atoms with Gasteiger partial charge in [-0.05, 0) is 36.5 Å². The van der Waals surface area contributed by atoms with E-state index in [9.17, 15) is 14.4 Å². The number of piperidine rings is 1. The lowest BCUT2D eigenvalue weighted by molar-refractivity contribution is -0.125. The van der Waals surface area contributed by atoms with Gasteiger partial charge in [0.15, 0.2) is 0 Å². The van der Waals surface area contributed by atoms with Gasteiger partial charge in [-0.2, -0.15) is 0 Å². The Kier molecular flexibility index (Phi) is 10.1. The Hall–Kier alpha value is -3.39. The second kappa shape index (κ2) is 13.5. The van der Waals surface area contributed by atoms with Crippen LogP contribution in [0.1, 0.15) is 38.7 Å². The Morgan fingerprint density at radius 3 is 2.26 bits per heavy atom. The Morgan fingerprint density at radius 2 is 1.63 bits per heavy atom. The van der Waals surface area contributed by atoms with Crippen LogP contribution in [0, 0.1) is 5.92 Å². The van der Waals surface area contributed by atoms with Crippen LogP contribution >= 0.6 is 0 Å². The van der Waals surface area contributed by atoms with Crippen molar-refractivity contribution in [3.05, 3.63) is 66.2 Å². The minimum atomic E-state index is -0.669. The van der Waals surface area contributed by atoms with E-state index in [-0.39, 0.29) is 30.4 Å². The maximum atomic E-state index is 13.0. The van der Waals surface area contributed by atoms with Crippen molar-refractivity contribution in [1.29, 1.82) is 0 Å². The molecule has 1 aliphatic heterocycles. The Morgan fingerprint density at radius 1 is 1.00 bits per heavy atom. The molecule has 0 unspecified atom stereocenters. The molecule has 0 aliphatic carbocycles. The van der Waals surface area contributed by atoms with Crippen molar-refractivity contribution in [3.63, 3.8) is 0 Å². The van der Waals surface area contributed by atoms with Gasteiger partial charge in [-0.25, -0.2) is 4.79 Å². The van der Waals surface area contributed by atoms with Gasteiger partial charge in [0.2, 0.25) is 11.8 Å². The zero-order valence-corrected chi connectivity index (χ0v) is 20.5. The van der Waals surface area contributed by atoms with Crippen molar-refractivity contribution >= 4 is 23.6 Å². The summed E-state index contributed by atoms with van der Waals surface area (Å²) < 4.78 is 5.31. The second-order valence-electron chi connectivity index (χ2n) is 9.04. The van der Waals surface area contributed by atoms with Crippen molar-refractivity contribution < 1.29 is 19.1 Å². The van der Waals surface area contributed by atoms with E-state index in [4.69, 9.17) is 4.74 Å². The standard InChI is InChI=1S/C27H36N4O4/c1-3-20(2)25(30-27(34)35-19-21-10-6-4-7-11-21)26(33)29-23-14-16-31(17-15-23)18-24(32)28-22-12-8-5-9-13-22/h4-13,20,23,25H,3,14-19H2,1-2H3,(H,28,32)(H,29,33)(H,30,34)/t20-,25-/m0/s1. The first kappa shape index (κ1) is 26.2. The maximum absolute atomic E-state index is 13.0. The van der Waals surface area contributed by atoms with E-state index < -0.39 is 12.1 Å². The molecule has 188 valence electrons. The minimum Gasteiger partial charge on any atom is -0.445 e. The Balaban J connectivity index is 1.43. The third-order valence-electron chi connectivity index (χ3n) is 6.34. The fourth-order valence-electron chi connectivity index (χ4n) is 4.05. The van der Waals surface area contributed by atoms with Crippen LogP contribution in [0.15, 0.2) is 60.7 Å². The molecular formula is C27H36N4O4. The lowest BCUT2D eigenvalue weighted by Gasteiger charge is -2.33. The van der Waals surface area contributed by atoms with Crippen LogP contribution in [0.4, 0.5) is 10.5 Å². The van der Waals surface area contributed by atoms with Gasteiger partial charge in [0.05, 0.1) is 6.54 Å². The number of rotatable bonds is 10. The Bertz CT molecular complexity index is 946. The molecule has 1 heterocycles. The van der Waals surface area contributed by atoms with Crippen LogP contribution in [0.5, 0.6) is 0 Å². The van der Waals surface area contributed by atoms with Gasteiger partial charge in [0, 0.05) is 24.8 Å². The van der Waals surface area contributed by atoms with Gasteiger partial charge >= 0.3 is 6.09 Å². The first-order chi connectivity index (χ1) is 16.9. The molecule has 8 heteroatoms. The summed E-state index contributed by atoms with van der Waals surface area (Å²) in [5.41, 5.74) is 1.67. The van der Waals surface area contributed by atoms with Crippen molar-refractivity contribution in [2.24, 2.45) is 5.92 Å². The van der Waals surface area contributed by atoms with Gasteiger partial charge in [-0.1, -0.05) is 68.8 Å². The largest absolute Gasteiger partial charge is 0.445 e. The van der Waals surface area contributed by atoms with Crippen LogP contribution in [0.2, 0.25) is 0 Å². The fraction of sp³-hybridized carbons (Fsp3) is 0.444. The number of benzene rings is 2. The van der Waals surface area contributed by atoms with Crippen molar-refractivity contribution in [1.82, 2.24) is 15.5 Å². The predicted octanol–water partition coefficient (Wildman–Crippen LogP) is 3.55. The van der Waals surface area contributed by atoms with Gasteiger partial charge in [0.25, 0.3) is 0 Å². The van der Waals surface area contributed by atoms with Crippen LogP contribution in [0.3, 0.4) is 0 Å². The summed E-state index contributed by atoms with van der Waals surface area (Å²) in [7, 11) is 0. The molecule has 2 aromatic carbocycles. The van der Waals surface area contributed by atoms with Gasteiger partial charge in [0.1, 0.15) is 12.6 Å². The molecule has 1 aliphatic rings. The number of carbonyl (C=O) groups is 3. The number of amides is 3. The molecule has 1 saturated heterocycles. The molecule has 3 amide bonds. The molecule has 0 spiro atoms. The number of nitrogens with zero attached hydrogens (tertiary/aromatic N) is 1. The lowest BCUT2D eigenvalue weighted by atomic mass is 9.97. The van der Waals surface area contributed by atoms with E-state index in [0.29, 0.717) is 19.6 Å². The average molecular weight is 481 g/mol. The second-order valence-corrected chi connectivity index (χ2v) is 9.04. The van der Waals surface area contributed by atoms with Crippen molar-refractivity contribution in [3.8, 4) is 0 Å². The lowest BCUT2D eigenvalue weighted by Crippen LogP contribution is -2.54. The first-order valence-electron chi connectivity index (χ1n) is 12.3. The highest BCUT2D eigenvalue weighted by atomic mass is 16.5. The van der Waals surface area contributed by atoms with E-state index in [0.717, 1.165) is 30.5 Å². The third-order valence-corrected chi connectivity index (χ3v) is 6.34. The van der Waals surface area contributed by atoms with Crippen LogP contribution in [-0.4, -0.2) is 54.5 Å². The molecule has 8 nitrogen and oxygen atoms in total. The topological polar surface area (TPSA) is 99.8 Å². The normalized spacial score (nSPS) is 16.1. The fourth-order valence-corrected chi connectivity index (χ4v) is 4.05. The third kappa shape index (κ3) is 8.72. The molecule has 0 aromatic heterocycles. The monoisotopic (exact) mass is 480 g/mol. The number of likely N-dealkylation sites (tertiary alicyclic amines) is 1. The number of hydrogen-bond donors (Lipinski definition) is 3. The summed E-state index contributed by atoms with van der Waals surface area (Å²) >= 11 is 0. The highest BCUT2D eigenvalue weighted by molar-refractivity contribution is 5.92. The summed E-state index contributed by atoms with van der Waals surface area (Å²) in [6, 6.07) is 18.1. The van der Waals surface area contributed by atoms with Crippen LogP contribution < -0.4 is 16.0 Å². The molecule has 3 N–H and O–H groups in total. The maximum Gasteiger partial charge on any atom is 0.408 e. The first-order valence-corrected chi connectivity index (χ1v) is 12.3. The van der Waals surface area contributed by atoms with E-state index in [1.807, 2.05) is 74.5 Å². The van der Waals surface area contributed by atoms with E-state index in [1.54, 1.807) is 0 Å². The predicted molar refractivity (Wildman–Crippen MR) is 136 cm³/mol. The molecule has 3 rings (SSSR count). The van der Waals surface area contributed by atoms with Crippen LogP contribution in [0.25, 0.3) is 0 Å². The molecular weight excluding hydrogens is 444 g/mol. The average Bonchev–Trinajstić information content (AvgIpc) is 2.88. The van der Waals surface area contributed by atoms with Gasteiger partial charge in [-0.3, -0.25) is 14.5 Å². The summed E-state index contributed by atoms with van der Waals surface area (Å²) in [5.74, 6) is -0.286. The number of ether oxygens (including phenoxy) is 1. The minimum absolute atomic E-state index is 0.00429. The smallest absolute Gasteiger partial charge is 0.408 e. The summed E-state index contributed by atoms with van der Waals surface area (Å²) in [6.45, 7) is 5.83. The van der Waals surface area contributed by atoms with Crippen molar-refractivity contribution in [2.45, 2.75) is 51.8 Å². The molecule has 0 bridgehead atoms. The molecule has 0 radical (unpaired) electrons. The molecule has 2 aromatic rings. The number of alkyl carbamates (subject to hydrolysis) is 1. The Labute approximate surface area is 207 Å². The quantitative estimate of drug-likeness (QED) is 0.483. The summed E-state index contributed by atoms with van der Waals surface area (Å²) in [6.07, 6.45) is 1.63. The van der Waals surface area contributed by atoms with E-state index in [1.165, 1.54) is 0 Å². The van der Waals surface area contributed by atoms with E-state index in [2.05, 4.69) is 20.9 Å². The number of nitrogens with one attached hydrogen (secondary N) is 3. The summed E-state index contributed by atoms with van der Waals surface area (Å²) in [5, 5.41) is 8.74. The van der Waals surface area contributed by atoms with Crippen LogP contribution in [-0.2, 0) is 20.9 Å². The highest BCUT2D eigenvalue weighted by Crippen LogP contribution is 2.14. The SMILES string of the molecule is CC[C@H](C)[C@H](NC(=O)OCc1ccccc1)C(=O)NC1CCN(CC(=O)Nc2ccccc2)CC1.